The van der Waals surface area contributed by atoms with E-state index in [0.29, 0.717) is 43.6 Å². The number of carboxylic acids is 1. The number of halogens is 3. The molecule has 0 aliphatic carbocycles. The number of hydrogen-bond acceptors (Lipinski definition) is 6. The summed E-state index contributed by atoms with van der Waals surface area (Å²) in [6, 6.07) is 1.03. The van der Waals surface area contributed by atoms with Crippen molar-refractivity contribution >= 4 is 21.6 Å². The number of benzene rings is 1. The van der Waals surface area contributed by atoms with Crippen LogP contribution in [0.2, 0.25) is 0 Å². The first-order chi connectivity index (χ1) is 14.1. The molecule has 30 heavy (non-hydrogen) atoms. The number of carboxylic acid groups (broad SMARTS) is 1. The lowest BCUT2D eigenvalue weighted by Crippen LogP contribution is -2.32. The molecular formula is C19H16F3N3O4S. The van der Waals surface area contributed by atoms with Gasteiger partial charge in [-0.3, -0.25) is 0 Å². The number of nitrogens with zero attached hydrogens (tertiary/aromatic N) is 3. The summed E-state index contributed by atoms with van der Waals surface area (Å²) in [6.45, 7) is 0.755. The highest BCUT2D eigenvalue weighted by Crippen LogP contribution is 2.35. The summed E-state index contributed by atoms with van der Waals surface area (Å²) in [4.78, 5) is 21.1. The van der Waals surface area contributed by atoms with Crippen molar-refractivity contribution < 1.29 is 31.5 Å². The molecule has 1 aromatic carbocycles. The van der Waals surface area contributed by atoms with E-state index in [-0.39, 0.29) is 34.4 Å². The summed E-state index contributed by atoms with van der Waals surface area (Å²) in [6.07, 6.45) is 2.02. The van der Waals surface area contributed by atoms with Crippen LogP contribution in [0.1, 0.15) is 24.1 Å². The first-order valence-corrected chi connectivity index (χ1v) is 10.9. The second kappa shape index (κ2) is 7.38. The maximum Gasteiger partial charge on any atom is 0.328 e. The third kappa shape index (κ3) is 3.89. The third-order valence-electron chi connectivity index (χ3n) is 5.08. The molecule has 1 saturated heterocycles. The Labute approximate surface area is 169 Å². The van der Waals surface area contributed by atoms with Gasteiger partial charge in [-0.15, -0.1) is 0 Å². The highest BCUT2D eigenvalue weighted by atomic mass is 32.2. The molecule has 158 valence electrons. The second-order valence-electron chi connectivity index (χ2n) is 7.20. The molecule has 0 bridgehead atoms. The van der Waals surface area contributed by atoms with E-state index in [9.17, 15) is 26.4 Å². The van der Waals surface area contributed by atoms with Gasteiger partial charge in [-0.2, -0.15) is 0 Å². The number of piperidine rings is 1. The number of fused-ring (bicyclic) bond motifs is 1. The number of rotatable bonds is 3. The van der Waals surface area contributed by atoms with Crippen molar-refractivity contribution in [1.82, 2.24) is 9.97 Å². The van der Waals surface area contributed by atoms with Crippen molar-refractivity contribution in [3.05, 3.63) is 52.5 Å². The fourth-order valence-corrected chi connectivity index (χ4v) is 5.16. The summed E-state index contributed by atoms with van der Waals surface area (Å²) < 4.78 is 65.6. The van der Waals surface area contributed by atoms with Gasteiger partial charge in [0.25, 0.3) is 0 Å². The topological polar surface area (TPSA) is 100 Å². The minimum atomic E-state index is -3.46. The Kier molecular flexibility index (Phi) is 5.00. The molecule has 0 unspecified atom stereocenters. The maximum atomic E-state index is 14.3. The molecule has 1 N–H and O–H groups in total. The molecule has 11 heteroatoms. The third-order valence-corrected chi connectivity index (χ3v) is 6.52. The molecular weight excluding hydrogens is 423 g/mol. The van der Waals surface area contributed by atoms with E-state index < -0.39 is 33.3 Å². The van der Waals surface area contributed by atoms with Gasteiger partial charge in [0.2, 0.25) is 0 Å². The highest BCUT2D eigenvalue weighted by molar-refractivity contribution is 7.90. The summed E-state index contributed by atoms with van der Waals surface area (Å²) in [5.41, 5.74) is 0.966. The quantitative estimate of drug-likeness (QED) is 0.580. The fourth-order valence-electron chi connectivity index (χ4n) is 3.66. The molecule has 0 spiro atoms. The molecule has 2 aliphatic heterocycles. The molecule has 3 heterocycles. The predicted octanol–water partition coefficient (Wildman–Crippen LogP) is 2.60. The summed E-state index contributed by atoms with van der Waals surface area (Å²) >= 11 is 0. The Morgan fingerprint density at radius 2 is 1.70 bits per heavy atom. The van der Waals surface area contributed by atoms with Crippen LogP contribution in [0.3, 0.4) is 0 Å². The summed E-state index contributed by atoms with van der Waals surface area (Å²) in [5, 5.41) is 8.89. The normalized spacial score (nSPS) is 17.7. The number of carbonyl (C=O) groups is 1. The van der Waals surface area contributed by atoms with Crippen molar-refractivity contribution in [2.45, 2.75) is 24.3 Å². The zero-order chi connectivity index (χ0) is 21.6. The minimum absolute atomic E-state index is 0.200. The van der Waals surface area contributed by atoms with Gasteiger partial charge in [-0.1, -0.05) is 5.57 Å². The zero-order valence-corrected chi connectivity index (χ0v) is 16.3. The fraction of sp³-hybridized carbons (Fsp3) is 0.316. The van der Waals surface area contributed by atoms with Crippen LogP contribution < -0.4 is 4.90 Å². The molecule has 2 aliphatic rings. The van der Waals surface area contributed by atoms with Gasteiger partial charge < -0.3 is 10.0 Å². The van der Waals surface area contributed by atoms with Gasteiger partial charge in [0.15, 0.2) is 27.3 Å². The first kappa shape index (κ1) is 20.3. The summed E-state index contributed by atoms with van der Waals surface area (Å²) in [5.74, 6) is -5.30. The van der Waals surface area contributed by atoms with Gasteiger partial charge in [0.05, 0.1) is 22.8 Å². The van der Waals surface area contributed by atoms with Crippen molar-refractivity contribution in [2.24, 2.45) is 0 Å². The van der Waals surface area contributed by atoms with Gasteiger partial charge >= 0.3 is 5.97 Å². The second-order valence-corrected chi connectivity index (χ2v) is 9.27. The molecule has 7 nitrogen and oxygen atoms in total. The van der Waals surface area contributed by atoms with E-state index in [1.54, 1.807) is 4.90 Å². The van der Waals surface area contributed by atoms with E-state index in [1.807, 2.05) is 0 Å². The SMILES string of the molecule is O=C(O)C=C1CCN(c2nc(-c3cc(F)c(F)cc3F)nc3c2CS(=O)(=O)C3)CC1. The molecule has 0 radical (unpaired) electrons. The molecule has 4 rings (SSSR count). The minimum Gasteiger partial charge on any atom is -0.478 e. The van der Waals surface area contributed by atoms with Crippen molar-refractivity contribution in [1.29, 1.82) is 0 Å². The molecule has 0 atom stereocenters. The van der Waals surface area contributed by atoms with Crippen LogP contribution in [0, 0.1) is 17.5 Å². The number of hydrogen-bond donors (Lipinski definition) is 1. The van der Waals surface area contributed by atoms with Crippen LogP contribution in [-0.4, -0.2) is 42.6 Å². The average Bonchev–Trinajstić information content (AvgIpc) is 2.98. The van der Waals surface area contributed by atoms with Gasteiger partial charge in [0, 0.05) is 30.8 Å². The molecule has 2 aromatic rings. The van der Waals surface area contributed by atoms with Crippen LogP contribution in [0.25, 0.3) is 11.4 Å². The molecule has 0 saturated carbocycles. The van der Waals surface area contributed by atoms with Crippen LogP contribution in [0.4, 0.5) is 19.0 Å². The molecule has 1 aromatic heterocycles. The van der Waals surface area contributed by atoms with E-state index in [4.69, 9.17) is 5.11 Å². The van der Waals surface area contributed by atoms with Gasteiger partial charge in [0.1, 0.15) is 11.6 Å². The zero-order valence-electron chi connectivity index (χ0n) is 15.5. The van der Waals surface area contributed by atoms with Crippen molar-refractivity contribution in [3.63, 3.8) is 0 Å². The number of anilines is 1. The predicted molar refractivity (Wildman–Crippen MR) is 101 cm³/mol. The smallest absolute Gasteiger partial charge is 0.328 e. The standard InChI is InChI=1S/C19H16F3N3O4S/c20-13-7-15(22)14(21)6-11(13)18-23-16-9-30(28,29)8-12(16)19(24-18)25-3-1-10(2-4-25)5-17(26)27/h5-7H,1-4,8-9H2,(H,26,27). The number of aromatic nitrogens is 2. The van der Waals surface area contributed by atoms with Crippen LogP contribution in [-0.2, 0) is 26.1 Å². The molecule has 1 fully saturated rings. The van der Waals surface area contributed by atoms with E-state index in [0.717, 1.165) is 11.6 Å². The highest BCUT2D eigenvalue weighted by Gasteiger charge is 2.33. The Balaban J connectivity index is 1.78. The maximum absolute atomic E-state index is 14.3. The summed E-state index contributed by atoms with van der Waals surface area (Å²) in [7, 11) is -3.46. The number of sulfone groups is 1. The monoisotopic (exact) mass is 439 g/mol. The van der Waals surface area contributed by atoms with E-state index in [2.05, 4.69) is 9.97 Å². The molecule has 0 amide bonds. The van der Waals surface area contributed by atoms with Crippen molar-refractivity contribution in [2.75, 3.05) is 18.0 Å². The van der Waals surface area contributed by atoms with Gasteiger partial charge in [-0.05, 0) is 18.9 Å². The Bertz CT molecular complexity index is 1190. The largest absolute Gasteiger partial charge is 0.478 e. The Morgan fingerprint density at radius 3 is 2.37 bits per heavy atom. The first-order valence-electron chi connectivity index (χ1n) is 9.05. The lowest BCUT2D eigenvalue weighted by molar-refractivity contribution is -0.131. The van der Waals surface area contributed by atoms with Crippen LogP contribution >= 0.6 is 0 Å². The Hall–Kier alpha value is -2.95. The van der Waals surface area contributed by atoms with Crippen molar-refractivity contribution in [3.8, 4) is 11.4 Å². The lowest BCUT2D eigenvalue weighted by atomic mass is 10.0. The average molecular weight is 439 g/mol. The van der Waals surface area contributed by atoms with E-state index in [1.165, 1.54) is 0 Å². The lowest BCUT2D eigenvalue weighted by Gasteiger charge is -2.30. The number of aliphatic carboxylic acids is 1. The van der Waals surface area contributed by atoms with Crippen LogP contribution in [0.5, 0.6) is 0 Å². The van der Waals surface area contributed by atoms with Crippen LogP contribution in [0.15, 0.2) is 23.8 Å². The van der Waals surface area contributed by atoms with E-state index >= 15 is 0 Å². The van der Waals surface area contributed by atoms with Gasteiger partial charge in [-0.25, -0.2) is 36.4 Å². The Morgan fingerprint density at radius 1 is 1.03 bits per heavy atom.